The molecule has 0 saturated heterocycles. The van der Waals surface area contributed by atoms with Crippen LogP contribution in [-0.4, -0.2) is 13.7 Å². The zero-order valence-electron chi connectivity index (χ0n) is 10.2. The fourth-order valence-electron chi connectivity index (χ4n) is 1.53. The molecule has 1 rings (SSSR count). The second-order valence-electron chi connectivity index (χ2n) is 3.86. The maximum absolute atomic E-state index is 13.7. The Balaban J connectivity index is 2.85. The highest BCUT2D eigenvalue weighted by Gasteiger charge is 2.14. The molecular formula is C13H20FNO. The Morgan fingerprint density at radius 1 is 1.44 bits per heavy atom. The second-order valence-corrected chi connectivity index (χ2v) is 3.86. The third kappa shape index (κ3) is 3.20. The normalized spacial score (nSPS) is 12.5. The van der Waals surface area contributed by atoms with E-state index in [9.17, 15) is 4.39 Å². The highest BCUT2D eigenvalue weighted by Crippen LogP contribution is 2.27. The summed E-state index contributed by atoms with van der Waals surface area (Å²) in [5, 5.41) is 3.03. The van der Waals surface area contributed by atoms with Crippen molar-refractivity contribution in [2.45, 2.75) is 32.7 Å². The molecule has 0 saturated carbocycles. The number of ether oxygens (including phenoxy) is 1. The van der Waals surface area contributed by atoms with Crippen LogP contribution >= 0.6 is 0 Å². The Hall–Kier alpha value is -1.09. The van der Waals surface area contributed by atoms with Crippen LogP contribution in [0, 0.1) is 5.82 Å². The topological polar surface area (TPSA) is 21.3 Å². The van der Waals surface area contributed by atoms with Gasteiger partial charge in [-0.15, -0.1) is 0 Å². The molecule has 3 heteroatoms. The van der Waals surface area contributed by atoms with E-state index in [-0.39, 0.29) is 11.9 Å². The van der Waals surface area contributed by atoms with Crippen molar-refractivity contribution < 1.29 is 9.13 Å². The van der Waals surface area contributed by atoms with Gasteiger partial charge in [0.05, 0.1) is 6.61 Å². The van der Waals surface area contributed by atoms with Crippen LogP contribution in [0.1, 0.15) is 38.3 Å². The molecule has 0 fully saturated rings. The monoisotopic (exact) mass is 225 g/mol. The number of nitrogens with one attached hydrogen (secondary N) is 1. The first-order chi connectivity index (χ1) is 7.70. The Bertz CT molecular complexity index is 328. The van der Waals surface area contributed by atoms with Crippen molar-refractivity contribution in [3.05, 3.63) is 29.6 Å². The molecular weight excluding hydrogens is 205 g/mol. The minimum absolute atomic E-state index is 0.0437. The lowest BCUT2D eigenvalue weighted by molar-refractivity contribution is 0.301. The Morgan fingerprint density at radius 3 is 2.81 bits per heavy atom. The molecule has 1 atom stereocenters. The molecule has 0 radical (unpaired) electrons. The Labute approximate surface area is 96.8 Å². The maximum atomic E-state index is 13.7. The molecule has 0 aliphatic rings. The van der Waals surface area contributed by atoms with Crippen molar-refractivity contribution in [3.63, 3.8) is 0 Å². The molecule has 0 heterocycles. The van der Waals surface area contributed by atoms with Gasteiger partial charge in [-0.1, -0.05) is 19.4 Å². The lowest BCUT2D eigenvalue weighted by Crippen LogP contribution is -2.15. The molecule has 1 aromatic rings. The fourth-order valence-corrected chi connectivity index (χ4v) is 1.53. The van der Waals surface area contributed by atoms with E-state index < -0.39 is 0 Å². The van der Waals surface area contributed by atoms with Gasteiger partial charge in [-0.05, 0) is 32.5 Å². The minimum Gasteiger partial charge on any atom is -0.493 e. The van der Waals surface area contributed by atoms with Gasteiger partial charge in [-0.2, -0.15) is 0 Å². The van der Waals surface area contributed by atoms with Gasteiger partial charge in [0.15, 0.2) is 0 Å². The summed E-state index contributed by atoms with van der Waals surface area (Å²) < 4.78 is 19.3. The van der Waals surface area contributed by atoms with E-state index in [0.717, 1.165) is 12.8 Å². The van der Waals surface area contributed by atoms with Crippen LogP contribution in [0.4, 0.5) is 4.39 Å². The second kappa shape index (κ2) is 6.48. The van der Waals surface area contributed by atoms with E-state index in [0.29, 0.717) is 17.9 Å². The molecule has 1 N–H and O–H groups in total. The first-order valence-electron chi connectivity index (χ1n) is 5.79. The Morgan fingerprint density at radius 2 is 2.19 bits per heavy atom. The quantitative estimate of drug-likeness (QED) is 0.750. The van der Waals surface area contributed by atoms with Crippen LogP contribution in [-0.2, 0) is 0 Å². The maximum Gasteiger partial charge on any atom is 0.131 e. The number of benzene rings is 1. The standard InChI is InChI=1S/C13H20FNO/c1-4-5-9-16-12-8-6-7-11(14)13(12)10(2)15-3/h6-8,10,15H,4-5,9H2,1-3H3. The first kappa shape index (κ1) is 13.0. The minimum atomic E-state index is -0.212. The molecule has 1 aromatic carbocycles. The summed E-state index contributed by atoms with van der Waals surface area (Å²) in [4.78, 5) is 0. The molecule has 90 valence electrons. The van der Waals surface area contributed by atoms with Crippen LogP contribution < -0.4 is 10.1 Å². The van der Waals surface area contributed by atoms with Gasteiger partial charge in [-0.3, -0.25) is 0 Å². The van der Waals surface area contributed by atoms with E-state index in [1.54, 1.807) is 6.07 Å². The van der Waals surface area contributed by atoms with Crippen LogP contribution in [0.2, 0.25) is 0 Å². The molecule has 0 aliphatic carbocycles. The summed E-state index contributed by atoms with van der Waals surface area (Å²) >= 11 is 0. The van der Waals surface area contributed by atoms with E-state index in [1.165, 1.54) is 6.07 Å². The van der Waals surface area contributed by atoms with Crippen molar-refractivity contribution in [2.24, 2.45) is 0 Å². The Kier molecular flexibility index (Phi) is 5.26. The summed E-state index contributed by atoms with van der Waals surface area (Å²) in [6.07, 6.45) is 2.07. The van der Waals surface area contributed by atoms with E-state index in [2.05, 4.69) is 12.2 Å². The fraction of sp³-hybridized carbons (Fsp3) is 0.538. The van der Waals surface area contributed by atoms with Gasteiger partial charge in [0.1, 0.15) is 11.6 Å². The van der Waals surface area contributed by atoms with Crippen LogP contribution in [0.25, 0.3) is 0 Å². The zero-order valence-corrected chi connectivity index (χ0v) is 10.2. The number of unbranched alkanes of at least 4 members (excludes halogenated alkanes) is 1. The number of hydrogen-bond acceptors (Lipinski definition) is 2. The van der Waals surface area contributed by atoms with Gasteiger partial charge >= 0.3 is 0 Å². The average molecular weight is 225 g/mol. The number of rotatable bonds is 6. The summed E-state index contributed by atoms with van der Waals surface area (Å²) in [7, 11) is 1.81. The number of hydrogen-bond donors (Lipinski definition) is 1. The largest absolute Gasteiger partial charge is 0.493 e. The van der Waals surface area contributed by atoms with Gasteiger partial charge in [0.2, 0.25) is 0 Å². The first-order valence-corrected chi connectivity index (χ1v) is 5.79. The van der Waals surface area contributed by atoms with Crippen molar-refractivity contribution in [2.75, 3.05) is 13.7 Å². The van der Waals surface area contributed by atoms with Crippen LogP contribution in [0.5, 0.6) is 5.75 Å². The van der Waals surface area contributed by atoms with Crippen molar-refractivity contribution in [1.29, 1.82) is 0 Å². The van der Waals surface area contributed by atoms with Gasteiger partial charge in [0.25, 0.3) is 0 Å². The van der Waals surface area contributed by atoms with Gasteiger partial charge < -0.3 is 10.1 Å². The smallest absolute Gasteiger partial charge is 0.131 e. The summed E-state index contributed by atoms with van der Waals surface area (Å²) in [6.45, 7) is 4.67. The zero-order chi connectivity index (χ0) is 12.0. The molecule has 16 heavy (non-hydrogen) atoms. The van der Waals surface area contributed by atoms with Crippen molar-refractivity contribution in [3.8, 4) is 5.75 Å². The lowest BCUT2D eigenvalue weighted by atomic mass is 10.1. The van der Waals surface area contributed by atoms with Crippen LogP contribution in [0.15, 0.2) is 18.2 Å². The highest BCUT2D eigenvalue weighted by molar-refractivity contribution is 5.36. The molecule has 1 unspecified atom stereocenters. The third-order valence-corrected chi connectivity index (χ3v) is 2.63. The molecule has 2 nitrogen and oxygen atoms in total. The molecule has 0 bridgehead atoms. The van der Waals surface area contributed by atoms with Crippen LogP contribution in [0.3, 0.4) is 0 Å². The molecule has 0 aliphatic heterocycles. The summed E-state index contributed by atoms with van der Waals surface area (Å²) in [5.74, 6) is 0.436. The SMILES string of the molecule is CCCCOc1cccc(F)c1C(C)NC. The van der Waals surface area contributed by atoms with E-state index in [4.69, 9.17) is 4.74 Å². The van der Waals surface area contributed by atoms with Crippen molar-refractivity contribution in [1.82, 2.24) is 5.32 Å². The number of halogens is 1. The highest BCUT2D eigenvalue weighted by atomic mass is 19.1. The summed E-state index contributed by atoms with van der Waals surface area (Å²) in [5.41, 5.74) is 0.612. The average Bonchev–Trinajstić information content (AvgIpc) is 2.29. The third-order valence-electron chi connectivity index (χ3n) is 2.63. The summed E-state index contributed by atoms with van der Waals surface area (Å²) in [6, 6.07) is 4.93. The molecule has 0 aromatic heterocycles. The predicted molar refractivity (Wildman–Crippen MR) is 64.3 cm³/mol. The van der Waals surface area contributed by atoms with Crippen molar-refractivity contribution >= 4 is 0 Å². The predicted octanol–water partition coefficient (Wildman–Crippen LogP) is 3.29. The van der Waals surface area contributed by atoms with E-state index in [1.807, 2.05) is 20.0 Å². The van der Waals surface area contributed by atoms with Gasteiger partial charge in [0, 0.05) is 11.6 Å². The molecule has 0 amide bonds. The molecule has 0 spiro atoms. The van der Waals surface area contributed by atoms with E-state index >= 15 is 0 Å². The van der Waals surface area contributed by atoms with Gasteiger partial charge in [-0.25, -0.2) is 4.39 Å². The lowest BCUT2D eigenvalue weighted by Gasteiger charge is -2.17.